The number of hydrogen-bond acceptors (Lipinski definition) is 8. The highest BCUT2D eigenvalue weighted by molar-refractivity contribution is 5.91. The van der Waals surface area contributed by atoms with Crippen molar-refractivity contribution in [2.45, 2.75) is 56.9 Å². The predicted molar refractivity (Wildman–Crippen MR) is 147 cm³/mol. The molecule has 4 heterocycles. The van der Waals surface area contributed by atoms with Crippen molar-refractivity contribution in [3.63, 3.8) is 0 Å². The second-order valence-corrected chi connectivity index (χ2v) is 11.3. The maximum Gasteiger partial charge on any atom is 0.318 e. The quantitative estimate of drug-likeness (QED) is 0.542. The van der Waals surface area contributed by atoms with Crippen molar-refractivity contribution in [2.75, 3.05) is 44.7 Å². The van der Waals surface area contributed by atoms with Crippen LogP contribution >= 0.6 is 0 Å². The molecular formula is C30H35N7O. The van der Waals surface area contributed by atoms with Crippen molar-refractivity contribution in [1.82, 2.24) is 25.1 Å². The summed E-state index contributed by atoms with van der Waals surface area (Å²) < 4.78 is 6.27. The summed E-state index contributed by atoms with van der Waals surface area (Å²) in [6.45, 7) is 5.86. The van der Waals surface area contributed by atoms with E-state index in [4.69, 9.17) is 14.7 Å². The molecule has 0 saturated carbocycles. The molecule has 3 atom stereocenters. The van der Waals surface area contributed by atoms with Gasteiger partial charge in [0, 0.05) is 56.4 Å². The molecule has 196 valence electrons. The van der Waals surface area contributed by atoms with E-state index in [0.29, 0.717) is 31.1 Å². The van der Waals surface area contributed by atoms with E-state index < -0.39 is 0 Å². The number of rotatable bonds is 6. The van der Waals surface area contributed by atoms with Crippen LogP contribution in [0.3, 0.4) is 0 Å². The van der Waals surface area contributed by atoms with E-state index >= 15 is 0 Å². The topological polar surface area (TPSA) is 80.5 Å². The van der Waals surface area contributed by atoms with E-state index in [1.807, 2.05) is 0 Å². The van der Waals surface area contributed by atoms with Crippen LogP contribution in [-0.4, -0.2) is 71.7 Å². The third-order valence-electron chi connectivity index (χ3n) is 8.97. The van der Waals surface area contributed by atoms with Gasteiger partial charge < -0.3 is 19.9 Å². The van der Waals surface area contributed by atoms with Crippen molar-refractivity contribution < 1.29 is 4.74 Å². The molecule has 2 aromatic carbocycles. The summed E-state index contributed by atoms with van der Waals surface area (Å²) in [5.41, 5.74) is 5.17. The maximum atomic E-state index is 9.30. The minimum absolute atomic E-state index is 0.148. The zero-order chi connectivity index (χ0) is 25.6. The number of hydrogen-bond donors (Lipinski definition) is 1. The Labute approximate surface area is 224 Å². The minimum Gasteiger partial charge on any atom is -0.462 e. The first-order valence-corrected chi connectivity index (χ1v) is 14.0. The van der Waals surface area contributed by atoms with Gasteiger partial charge in [-0.3, -0.25) is 4.90 Å². The Morgan fingerprint density at radius 3 is 2.87 bits per heavy atom. The summed E-state index contributed by atoms with van der Waals surface area (Å²) in [5, 5.41) is 15.5. The van der Waals surface area contributed by atoms with E-state index in [2.05, 4.69) is 69.5 Å². The smallest absolute Gasteiger partial charge is 0.318 e. The summed E-state index contributed by atoms with van der Waals surface area (Å²) in [4.78, 5) is 17.3. The number of ether oxygens (including phenoxy) is 1. The van der Waals surface area contributed by atoms with Gasteiger partial charge in [0.1, 0.15) is 12.4 Å². The van der Waals surface area contributed by atoms with Crippen molar-refractivity contribution in [3.8, 4) is 12.1 Å². The summed E-state index contributed by atoms with van der Waals surface area (Å²) in [6, 6.07) is 17.1. The first kappa shape index (κ1) is 23.8. The number of nitrogens with one attached hydrogen (secondary N) is 1. The lowest BCUT2D eigenvalue weighted by Crippen LogP contribution is -2.51. The van der Waals surface area contributed by atoms with Gasteiger partial charge in [-0.1, -0.05) is 36.4 Å². The normalized spacial score (nSPS) is 25.2. The molecule has 2 fully saturated rings. The molecule has 1 unspecified atom stereocenters. The third-order valence-corrected chi connectivity index (χ3v) is 8.97. The Kier molecular flexibility index (Phi) is 6.15. The van der Waals surface area contributed by atoms with E-state index in [0.717, 1.165) is 63.6 Å². The van der Waals surface area contributed by atoms with Gasteiger partial charge in [0.05, 0.1) is 18.2 Å². The Bertz CT molecular complexity index is 1400. The molecule has 2 saturated heterocycles. The number of anilines is 1. The number of nitrogens with zero attached hydrogens (tertiary/aromatic N) is 6. The highest BCUT2D eigenvalue weighted by Crippen LogP contribution is 2.44. The molecule has 0 amide bonds. The molecule has 7 rings (SSSR count). The SMILES string of the molecule is CN1CCC[C@H]1COc1nc2c(c(N3CCN[C@@H](CC#N)C3)n1)CN(C1Cc3cccc4cccc1c34)C2. The molecule has 1 aliphatic carbocycles. The van der Waals surface area contributed by atoms with Crippen molar-refractivity contribution in [2.24, 2.45) is 0 Å². The van der Waals surface area contributed by atoms with Gasteiger partial charge in [-0.15, -0.1) is 0 Å². The van der Waals surface area contributed by atoms with Crippen LogP contribution in [0.25, 0.3) is 10.8 Å². The van der Waals surface area contributed by atoms with Crippen LogP contribution in [0, 0.1) is 11.3 Å². The molecule has 0 spiro atoms. The Balaban J connectivity index is 1.19. The molecule has 0 bridgehead atoms. The van der Waals surface area contributed by atoms with Crippen LogP contribution in [0.2, 0.25) is 0 Å². The van der Waals surface area contributed by atoms with Crippen LogP contribution in [0.15, 0.2) is 36.4 Å². The number of benzene rings is 2. The van der Waals surface area contributed by atoms with Crippen molar-refractivity contribution in [1.29, 1.82) is 5.26 Å². The van der Waals surface area contributed by atoms with Crippen LogP contribution in [-0.2, 0) is 19.5 Å². The third kappa shape index (κ3) is 4.19. The molecular weight excluding hydrogens is 474 g/mol. The molecule has 8 heteroatoms. The Morgan fingerprint density at radius 1 is 1.13 bits per heavy atom. The summed E-state index contributed by atoms with van der Waals surface area (Å²) in [5.74, 6) is 0.991. The maximum absolute atomic E-state index is 9.30. The van der Waals surface area contributed by atoms with Gasteiger partial charge >= 0.3 is 6.01 Å². The second kappa shape index (κ2) is 9.81. The average molecular weight is 510 g/mol. The highest BCUT2D eigenvalue weighted by Gasteiger charge is 2.36. The lowest BCUT2D eigenvalue weighted by molar-refractivity contribution is 0.186. The fourth-order valence-corrected chi connectivity index (χ4v) is 6.95. The summed E-state index contributed by atoms with van der Waals surface area (Å²) in [6.07, 6.45) is 3.90. The number of piperazine rings is 1. The molecule has 0 radical (unpaired) electrons. The molecule has 1 aromatic heterocycles. The zero-order valence-corrected chi connectivity index (χ0v) is 22.1. The van der Waals surface area contributed by atoms with Crippen LogP contribution in [0.5, 0.6) is 6.01 Å². The molecule has 8 nitrogen and oxygen atoms in total. The molecule has 3 aromatic rings. The Hall–Kier alpha value is -3.25. The highest BCUT2D eigenvalue weighted by atomic mass is 16.5. The van der Waals surface area contributed by atoms with Gasteiger partial charge in [-0.25, -0.2) is 0 Å². The molecule has 1 N–H and O–H groups in total. The van der Waals surface area contributed by atoms with Crippen LogP contribution in [0.1, 0.15) is 47.7 Å². The molecule has 4 aliphatic rings. The zero-order valence-electron chi connectivity index (χ0n) is 22.1. The molecule has 3 aliphatic heterocycles. The van der Waals surface area contributed by atoms with Crippen molar-refractivity contribution >= 4 is 16.6 Å². The number of likely N-dealkylation sites (N-methyl/N-ethyl adjacent to an activating group) is 1. The standard InChI is InChI=1S/C30H35N7O/c1-35-13-4-8-23(35)19-38-30-33-26-18-37(27-15-21-7-2-5-20-6-3-9-24(27)28(20)21)17-25(26)29(34-30)36-14-12-32-22(16-36)10-11-31/h2-3,5-7,9,22-23,27,32H,4,8,10,12-19H2,1H3/t22-,23-,27?/m0/s1. The largest absolute Gasteiger partial charge is 0.462 e. The first-order valence-electron chi connectivity index (χ1n) is 14.0. The lowest BCUT2D eigenvalue weighted by Gasteiger charge is -2.34. The number of nitriles is 1. The van der Waals surface area contributed by atoms with Gasteiger partial charge in [-0.2, -0.15) is 15.2 Å². The van der Waals surface area contributed by atoms with Crippen LogP contribution in [0.4, 0.5) is 5.82 Å². The van der Waals surface area contributed by atoms with E-state index in [1.165, 1.54) is 33.9 Å². The Morgan fingerprint density at radius 2 is 2.03 bits per heavy atom. The summed E-state index contributed by atoms with van der Waals surface area (Å²) >= 11 is 0. The predicted octanol–water partition coefficient (Wildman–Crippen LogP) is 3.41. The fourth-order valence-electron chi connectivity index (χ4n) is 6.95. The number of likely N-dealkylation sites (tertiary alicyclic amines) is 1. The molecule has 38 heavy (non-hydrogen) atoms. The fraction of sp³-hybridized carbons (Fsp3) is 0.500. The van der Waals surface area contributed by atoms with E-state index in [-0.39, 0.29) is 6.04 Å². The average Bonchev–Trinajstić information content (AvgIpc) is 3.65. The minimum atomic E-state index is 0.148. The monoisotopic (exact) mass is 509 g/mol. The second-order valence-electron chi connectivity index (χ2n) is 11.3. The van der Waals surface area contributed by atoms with E-state index in [9.17, 15) is 5.26 Å². The van der Waals surface area contributed by atoms with Gasteiger partial charge in [0.2, 0.25) is 0 Å². The number of aromatic nitrogens is 2. The lowest BCUT2D eigenvalue weighted by atomic mass is 10.0. The van der Waals surface area contributed by atoms with E-state index in [1.54, 1.807) is 0 Å². The number of fused-ring (bicyclic) bond motifs is 1. The van der Waals surface area contributed by atoms with Crippen molar-refractivity contribution in [3.05, 3.63) is 58.8 Å². The summed E-state index contributed by atoms with van der Waals surface area (Å²) in [7, 11) is 2.17. The van der Waals surface area contributed by atoms with Crippen LogP contribution < -0.4 is 15.0 Å². The van der Waals surface area contributed by atoms with Gasteiger partial charge in [-0.05, 0) is 54.8 Å². The van der Waals surface area contributed by atoms with Gasteiger partial charge in [0.25, 0.3) is 0 Å². The first-order chi connectivity index (χ1) is 18.7. The van der Waals surface area contributed by atoms with Gasteiger partial charge in [0.15, 0.2) is 0 Å².